The lowest BCUT2D eigenvalue weighted by Gasteiger charge is -1.81. The molecule has 1 radical (unpaired) electrons. The first-order valence-electron chi connectivity index (χ1n) is 2.58. The van der Waals surface area contributed by atoms with Gasteiger partial charge in [-0.25, -0.2) is 0 Å². The third-order valence-corrected chi connectivity index (χ3v) is 1.02. The minimum atomic E-state index is 0.851. The molecular formula is C7H8N. The quantitative estimate of drug-likeness (QED) is 0.588. The number of aromatic amines is 1. The molecule has 0 saturated carbocycles. The van der Waals surface area contributed by atoms with E-state index in [0.29, 0.717) is 0 Å². The summed E-state index contributed by atoms with van der Waals surface area (Å²) in [5, 5.41) is 0. The lowest BCUT2D eigenvalue weighted by atomic mass is 10.2. The molecule has 0 saturated heterocycles. The molecule has 0 bridgehead atoms. The third kappa shape index (κ3) is 0.997. The Morgan fingerprint density at radius 3 is 3.12 bits per heavy atom. The van der Waals surface area contributed by atoms with E-state index in [2.05, 4.69) is 4.98 Å². The van der Waals surface area contributed by atoms with Crippen molar-refractivity contribution in [3.8, 4) is 0 Å². The highest BCUT2D eigenvalue weighted by atomic mass is 14.6. The van der Waals surface area contributed by atoms with Crippen LogP contribution < -0.4 is 0 Å². The van der Waals surface area contributed by atoms with Gasteiger partial charge >= 0.3 is 0 Å². The Hall–Kier alpha value is -0.980. The third-order valence-electron chi connectivity index (χ3n) is 1.02. The van der Waals surface area contributed by atoms with Gasteiger partial charge in [-0.1, -0.05) is 12.7 Å². The highest BCUT2D eigenvalue weighted by Crippen LogP contribution is 1.96. The maximum atomic E-state index is 5.18. The molecule has 1 nitrogen and oxygen atoms in total. The second kappa shape index (κ2) is 2.36. The van der Waals surface area contributed by atoms with Crippen molar-refractivity contribution in [2.24, 2.45) is 0 Å². The Morgan fingerprint density at radius 1 is 1.75 bits per heavy atom. The number of rotatable bonds is 2. The maximum Gasteiger partial charge on any atom is 0.00405 e. The number of H-pyrrole nitrogens is 1. The standard InChI is InChI=1S/C7H8N/c1-2-3-7-4-5-8-6-7/h1-2,4-6,8H,3H2. The van der Waals surface area contributed by atoms with Crippen LogP contribution in [0.15, 0.2) is 24.5 Å². The Kier molecular flexibility index (Phi) is 1.52. The van der Waals surface area contributed by atoms with Gasteiger partial charge in [-0.2, -0.15) is 0 Å². The van der Waals surface area contributed by atoms with Gasteiger partial charge in [0, 0.05) is 12.4 Å². The zero-order valence-corrected chi connectivity index (χ0v) is 4.59. The molecule has 1 heterocycles. The highest BCUT2D eigenvalue weighted by Gasteiger charge is 1.83. The first-order valence-corrected chi connectivity index (χ1v) is 2.58. The van der Waals surface area contributed by atoms with Crippen molar-refractivity contribution in [3.63, 3.8) is 0 Å². The molecule has 0 spiro atoms. The lowest BCUT2D eigenvalue weighted by molar-refractivity contribution is 1.27. The predicted octanol–water partition coefficient (Wildman–Crippen LogP) is 1.55. The van der Waals surface area contributed by atoms with Crippen LogP contribution in [-0.4, -0.2) is 4.98 Å². The van der Waals surface area contributed by atoms with Crippen molar-refractivity contribution in [2.45, 2.75) is 6.42 Å². The van der Waals surface area contributed by atoms with Crippen molar-refractivity contribution < 1.29 is 0 Å². The molecule has 1 rings (SSSR count). The van der Waals surface area contributed by atoms with Gasteiger partial charge in [-0.05, 0) is 18.1 Å². The van der Waals surface area contributed by atoms with Gasteiger partial charge in [0.05, 0.1) is 0 Å². The summed E-state index contributed by atoms with van der Waals surface area (Å²) in [7, 11) is 0. The Labute approximate surface area is 49.0 Å². The SMILES string of the molecule is [CH]=CCc1cc[nH]c1. The molecule has 0 fully saturated rings. The van der Waals surface area contributed by atoms with Crippen LogP contribution in [0, 0.1) is 6.58 Å². The molecule has 1 heteroatoms. The molecule has 0 aliphatic carbocycles. The van der Waals surface area contributed by atoms with E-state index in [1.807, 2.05) is 18.5 Å². The van der Waals surface area contributed by atoms with Crippen LogP contribution in [0.3, 0.4) is 0 Å². The molecule has 1 aromatic rings. The van der Waals surface area contributed by atoms with Crippen molar-refractivity contribution in [2.75, 3.05) is 0 Å². The van der Waals surface area contributed by atoms with Crippen molar-refractivity contribution >= 4 is 0 Å². The molecular weight excluding hydrogens is 98.1 g/mol. The van der Waals surface area contributed by atoms with E-state index in [1.165, 1.54) is 5.56 Å². The monoisotopic (exact) mass is 106 g/mol. The van der Waals surface area contributed by atoms with Crippen molar-refractivity contribution in [1.29, 1.82) is 0 Å². The van der Waals surface area contributed by atoms with E-state index in [-0.39, 0.29) is 0 Å². The van der Waals surface area contributed by atoms with Gasteiger partial charge in [-0.15, -0.1) is 0 Å². The molecule has 0 atom stereocenters. The van der Waals surface area contributed by atoms with Gasteiger partial charge in [0.2, 0.25) is 0 Å². The molecule has 1 aromatic heterocycles. The molecule has 0 unspecified atom stereocenters. The van der Waals surface area contributed by atoms with Crippen LogP contribution in [0.4, 0.5) is 0 Å². The van der Waals surface area contributed by atoms with Gasteiger partial charge in [-0.3, -0.25) is 0 Å². The van der Waals surface area contributed by atoms with E-state index in [9.17, 15) is 0 Å². The molecule has 41 valence electrons. The number of allylic oxidation sites excluding steroid dienone is 1. The topological polar surface area (TPSA) is 15.8 Å². The average Bonchev–Trinajstić information content (AvgIpc) is 2.19. The van der Waals surface area contributed by atoms with Crippen molar-refractivity contribution in [1.82, 2.24) is 4.98 Å². The maximum absolute atomic E-state index is 5.18. The summed E-state index contributed by atoms with van der Waals surface area (Å²) < 4.78 is 0. The fourth-order valence-electron chi connectivity index (χ4n) is 0.621. The summed E-state index contributed by atoms with van der Waals surface area (Å²) in [4.78, 5) is 2.94. The smallest absolute Gasteiger partial charge is 0.00405 e. The van der Waals surface area contributed by atoms with Gasteiger partial charge in [0.1, 0.15) is 0 Å². The summed E-state index contributed by atoms with van der Waals surface area (Å²) in [6.45, 7) is 5.18. The summed E-state index contributed by atoms with van der Waals surface area (Å²) in [6, 6.07) is 2.00. The highest BCUT2D eigenvalue weighted by molar-refractivity contribution is 5.10. The Balaban J connectivity index is 2.62. The zero-order chi connectivity index (χ0) is 5.82. The summed E-state index contributed by atoms with van der Waals surface area (Å²) in [5.41, 5.74) is 1.23. The fourth-order valence-corrected chi connectivity index (χ4v) is 0.621. The normalized spacial score (nSPS) is 9.00. The minimum absolute atomic E-state index is 0.851. The van der Waals surface area contributed by atoms with Crippen LogP contribution in [0.25, 0.3) is 0 Å². The van der Waals surface area contributed by atoms with Crippen LogP contribution in [0.5, 0.6) is 0 Å². The first kappa shape index (κ1) is 5.16. The Bertz CT molecular complexity index is 151. The molecule has 0 aliphatic rings. The van der Waals surface area contributed by atoms with E-state index < -0.39 is 0 Å². The summed E-state index contributed by atoms with van der Waals surface area (Å²) in [5.74, 6) is 0. The first-order chi connectivity index (χ1) is 3.93. The molecule has 0 amide bonds. The second-order valence-corrected chi connectivity index (χ2v) is 1.66. The van der Waals surface area contributed by atoms with Gasteiger partial charge < -0.3 is 4.98 Å². The fraction of sp³-hybridized carbons (Fsp3) is 0.143. The van der Waals surface area contributed by atoms with Crippen LogP contribution >= 0.6 is 0 Å². The summed E-state index contributed by atoms with van der Waals surface area (Å²) in [6.07, 6.45) is 6.31. The number of aromatic nitrogens is 1. The minimum Gasteiger partial charge on any atom is -0.367 e. The van der Waals surface area contributed by atoms with Gasteiger partial charge in [0.25, 0.3) is 0 Å². The largest absolute Gasteiger partial charge is 0.367 e. The predicted molar refractivity (Wildman–Crippen MR) is 33.4 cm³/mol. The zero-order valence-electron chi connectivity index (χ0n) is 4.59. The number of hydrogen-bond donors (Lipinski definition) is 1. The average molecular weight is 106 g/mol. The number of nitrogens with one attached hydrogen (secondary N) is 1. The van der Waals surface area contributed by atoms with E-state index in [0.717, 1.165) is 6.42 Å². The van der Waals surface area contributed by atoms with Gasteiger partial charge in [0.15, 0.2) is 0 Å². The summed E-state index contributed by atoms with van der Waals surface area (Å²) >= 11 is 0. The van der Waals surface area contributed by atoms with Crippen LogP contribution in [0.2, 0.25) is 0 Å². The second-order valence-electron chi connectivity index (χ2n) is 1.66. The van der Waals surface area contributed by atoms with Crippen molar-refractivity contribution in [3.05, 3.63) is 36.7 Å². The number of hydrogen-bond acceptors (Lipinski definition) is 0. The molecule has 8 heavy (non-hydrogen) atoms. The molecule has 0 aliphatic heterocycles. The molecule has 0 aromatic carbocycles. The van der Waals surface area contributed by atoms with E-state index in [4.69, 9.17) is 6.58 Å². The van der Waals surface area contributed by atoms with Crippen LogP contribution in [0.1, 0.15) is 5.56 Å². The van der Waals surface area contributed by atoms with Crippen LogP contribution in [-0.2, 0) is 6.42 Å². The lowest BCUT2D eigenvalue weighted by Crippen LogP contribution is -1.70. The van der Waals surface area contributed by atoms with E-state index >= 15 is 0 Å². The Morgan fingerprint density at radius 2 is 2.62 bits per heavy atom. The molecule has 1 N–H and O–H groups in total. The van der Waals surface area contributed by atoms with E-state index in [1.54, 1.807) is 6.08 Å².